The first kappa shape index (κ1) is 10.2. The third-order valence-corrected chi connectivity index (χ3v) is 3.78. The molecule has 0 atom stereocenters. The van der Waals surface area contributed by atoms with E-state index in [-0.39, 0.29) is 0 Å². The molecule has 2 nitrogen and oxygen atoms in total. The highest BCUT2D eigenvalue weighted by Crippen LogP contribution is 2.16. The van der Waals surface area contributed by atoms with Crippen molar-refractivity contribution in [2.75, 3.05) is 0 Å². The molecule has 0 bridgehead atoms. The molecule has 0 aliphatic heterocycles. The van der Waals surface area contributed by atoms with E-state index in [0.29, 0.717) is 5.76 Å². The molecule has 1 aromatic rings. The minimum Gasteiger partial charge on any atom is -0.461 e. The number of hydrogen-bond acceptors (Lipinski definition) is 2. The zero-order valence-electron chi connectivity index (χ0n) is 8.46. The summed E-state index contributed by atoms with van der Waals surface area (Å²) in [7, 11) is -1.01. The van der Waals surface area contributed by atoms with E-state index >= 15 is 0 Å². The molecule has 1 rings (SSSR count). The zero-order valence-corrected chi connectivity index (χ0v) is 9.46. The number of carbonyl (C=O) groups excluding carboxylic acids is 1. The lowest BCUT2D eigenvalue weighted by atomic mass is 10.2. The van der Waals surface area contributed by atoms with E-state index in [1.54, 1.807) is 6.26 Å². The Morgan fingerprint density at radius 1 is 1.46 bits per heavy atom. The summed E-state index contributed by atoms with van der Waals surface area (Å²) >= 11 is 0. The lowest BCUT2D eigenvalue weighted by Gasteiger charge is -2.14. The van der Waals surface area contributed by atoms with E-state index in [9.17, 15) is 4.79 Å². The van der Waals surface area contributed by atoms with Crippen LogP contribution in [0.1, 0.15) is 16.1 Å². The van der Waals surface area contributed by atoms with E-state index in [1.807, 2.05) is 6.07 Å². The third-order valence-electron chi connectivity index (χ3n) is 2.03. The fraction of sp³-hybridized carbons (Fsp3) is 0.500. The van der Waals surface area contributed by atoms with Gasteiger partial charge in [0.25, 0.3) is 0 Å². The van der Waals surface area contributed by atoms with Crippen LogP contribution in [0, 0.1) is 0 Å². The smallest absolute Gasteiger partial charge is 0.185 e. The van der Waals surface area contributed by atoms with Gasteiger partial charge in [-0.05, 0) is 12.5 Å². The van der Waals surface area contributed by atoms with Gasteiger partial charge >= 0.3 is 0 Å². The molecule has 0 aliphatic carbocycles. The molecular weight excluding hydrogens is 180 g/mol. The van der Waals surface area contributed by atoms with Gasteiger partial charge in [0.2, 0.25) is 0 Å². The number of aryl methyl sites for hydroxylation is 1. The lowest BCUT2D eigenvalue weighted by Crippen LogP contribution is -2.20. The largest absolute Gasteiger partial charge is 0.461 e. The Hall–Kier alpha value is -0.833. The fourth-order valence-corrected chi connectivity index (χ4v) is 2.19. The van der Waals surface area contributed by atoms with Crippen molar-refractivity contribution in [1.82, 2.24) is 0 Å². The molecule has 1 heterocycles. The standard InChI is InChI=1S/C10H16O2Si/c1-13(2,3)7-5-9-4-6-12-10(9)8-11/h4,6,8H,5,7H2,1-3H3. The predicted molar refractivity (Wildman–Crippen MR) is 56.0 cm³/mol. The Bertz CT molecular complexity index is 283. The van der Waals surface area contributed by atoms with Crippen molar-refractivity contribution in [3.05, 3.63) is 23.7 Å². The molecule has 0 saturated heterocycles. The summed E-state index contributed by atoms with van der Waals surface area (Å²) in [5.74, 6) is 0.498. The molecular formula is C10H16O2Si. The van der Waals surface area contributed by atoms with Crippen molar-refractivity contribution in [3.8, 4) is 0 Å². The Morgan fingerprint density at radius 2 is 2.15 bits per heavy atom. The Balaban J connectivity index is 2.59. The lowest BCUT2D eigenvalue weighted by molar-refractivity contribution is 0.109. The molecule has 0 aliphatic rings. The normalized spacial score (nSPS) is 11.6. The van der Waals surface area contributed by atoms with E-state index in [4.69, 9.17) is 4.42 Å². The van der Waals surface area contributed by atoms with Gasteiger partial charge in [-0.15, -0.1) is 0 Å². The monoisotopic (exact) mass is 196 g/mol. The predicted octanol–water partition coefficient (Wildman–Crippen LogP) is 2.97. The highest BCUT2D eigenvalue weighted by atomic mass is 28.3. The number of carbonyl (C=O) groups is 1. The average Bonchev–Trinajstić information content (AvgIpc) is 2.46. The molecule has 0 saturated carbocycles. The first-order valence-electron chi connectivity index (χ1n) is 4.54. The molecule has 0 N–H and O–H groups in total. The molecule has 3 heteroatoms. The summed E-state index contributed by atoms with van der Waals surface area (Å²) in [5.41, 5.74) is 1.05. The number of aldehydes is 1. The van der Waals surface area contributed by atoms with Gasteiger partial charge in [-0.1, -0.05) is 25.7 Å². The van der Waals surface area contributed by atoms with Crippen molar-refractivity contribution >= 4 is 14.4 Å². The van der Waals surface area contributed by atoms with Gasteiger partial charge in [0.1, 0.15) is 0 Å². The highest BCUT2D eigenvalue weighted by Gasteiger charge is 2.14. The van der Waals surface area contributed by atoms with Crippen LogP contribution in [0.4, 0.5) is 0 Å². The van der Waals surface area contributed by atoms with Gasteiger partial charge in [0.15, 0.2) is 12.0 Å². The van der Waals surface area contributed by atoms with Crippen molar-refractivity contribution < 1.29 is 9.21 Å². The van der Waals surface area contributed by atoms with Crippen LogP contribution in [-0.4, -0.2) is 14.4 Å². The second-order valence-corrected chi connectivity index (χ2v) is 10.1. The van der Waals surface area contributed by atoms with E-state index < -0.39 is 8.07 Å². The van der Waals surface area contributed by atoms with Crippen LogP contribution in [0.25, 0.3) is 0 Å². The number of rotatable bonds is 4. The molecule has 1 aromatic heterocycles. The van der Waals surface area contributed by atoms with Gasteiger partial charge in [0, 0.05) is 13.6 Å². The maximum absolute atomic E-state index is 10.5. The van der Waals surface area contributed by atoms with Crippen LogP contribution < -0.4 is 0 Å². The Labute approximate surface area is 80.0 Å². The van der Waals surface area contributed by atoms with Gasteiger partial charge in [-0.3, -0.25) is 4.79 Å². The maximum atomic E-state index is 10.5. The van der Waals surface area contributed by atoms with E-state index in [1.165, 1.54) is 6.04 Å². The van der Waals surface area contributed by atoms with Crippen LogP contribution in [0.15, 0.2) is 16.7 Å². The van der Waals surface area contributed by atoms with Crippen molar-refractivity contribution in [2.45, 2.75) is 32.1 Å². The summed E-state index contributed by atoms with van der Waals surface area (Å²) in [4.78, 5) is 10.5. The molecule has 0 fully saturated rings. The Kier molecular flexibility index (Phi) is 3.09. The first-order valence-corrected chi connectivity index (χ1v) is 8.25. The van der Waals surface area contributed by atoms with Crippen molar-refractivity contribution in [2.24, 2.45) is 0 Å². The SMILES string of the molecule is C[Si](C)(C)CCc1ccoc1C=O. The molecule has 0 unspecified atom stereocenters. The van der Waals surface area contributed by atoms with Gasteiger partial charge in [-0.2, -0.15) is 0 Å². The van der Waals surface area contributed by atoms with E-state index in [2.05, 4.69) is 19.6 Å². The maximum Gasteiger partial charge on any atom is 0.185 e. The average molecular weight is 196 g/mol. The zero-order chi connectivity index (χ0) is 9.90. The minimum atomic E-state index is -1.01. The second kappa shape index (κ2) is 3.92. The summed E-state index contributed by atoms with van der Waals surface area (Å²) in [5, 5.41) is 0. The number of hydrogen-bond donors (Lipinski definition) is 0. The van der Waals surface area contributed by atoms with Crippen LogP contribution >= 0.6 is 0 Å². The van der Waals surface area contributed by atoms with Crippen LogP contribution in [0.5, 0.6) is 0 Å². The number of furan rings is 1. The Morgan fingerprint density at radius 3 is 2.69 bits per heavy atom. The first-order chi connectivity index (χ1) is 6.03. The second-order valence-electron chi connectivity index (χ2n) is 4.49. The third kappa shape index (κ3) is 3.18. The molecule has 72 valence electrons. The molecule has 0 aromatic carbocycles. The van der Waals surface area contributed by atoms with Crippen LogP contribution in [-0.2, 0) is 6.42 Å². The van der Waals surface area contributed by atoms with Crippen molar-refractivity contribution in [3.63, 3.8) is 0 Å². The topological polar surface area (TPSA) is 30.2 Å². The molecule has 0 radical (unpaired) electrons. The van der Waals surface area contributed by atoms with Crippen molar-refractivity contribution in [1.29, 1.82) is 0 Å². The summed E-state index contributed by atoms with van der Waals surface area (Å²) in [6.45, 7) is 6.98. The molecule has 13 heavy (non-hydrogen) atoms. The van der Waals surface area contributed by atoms with Gasteiger partial charge in [0.05, 0.1) is 6.26 Å². The quantitative estimate of drug-likeness (QED) is 0.547. The van der Waals surface area contributed by atoms with Crippen LogP contribution in [0.2, 0.25) is 25.7 Å². The summed E-state index contributed by atoms with van der Waals surface area (Å²) in [6.07, 6.45) is 3.35. The van der Waals surface area contributed by atoms with Crippen LogP contribution in [0.3, 0.4) is 0 Å². The molecule has 0 spiro atoms. The summed E-state index contributed by atoms with van der Waals surface area (Å²) < 4.78 is 5.03. The fourth-order valence-electron chi connectivity index (χ4n) is 1.17. The minimum absolute atomic E-state index is 0.498. The molecule has 0 amide bonds. The summed E-state index contributed by atoms with van der Waals surface area (Å²) in [6, 6.07) is 3.09. The highest BCUT2D eigenvalue weighted by molar-refractivity contribution is 6.76. The van der Waals surface area contributed by atoms with E-state index in [0.717, 1.165) is 18.3 Å². The van der Waals surface area contributed by atoms with Gasteiger partial charge < -0.3 is 4.42 Å². The van der Waals surface area contributed by atoms with Gasteiger partial charge in [-0.25, -0.2) is 0 Å².